The number of nitrogens with one attached hydrogen (secondary N) is 1. The molecule has 0 bridgehead atoms. The zero-order valence-electron chi connectivity index (χ0n) is 17.3. The normalized spacial score (nSPS) is 11.0. The molecule has 7 heteroatoms. The van der Waals surface area contributed by atoms with Crippen LogP contribution in [0.4, 0.5) is 5.69 Å². The van der Waals surface area contributed by atoms with E-state index in [2.05, 4.69) is 5.32 Å². The molecule has 1 aromatic heterocycles. The number of hydrogen-bond donors (Lipinski definition) is 2. The van der Waals surface area contributed by atoms with Gasteiger partial charge in [-0.2, -0.15) is 5.26 Å². The number of anilines is 1. The van der Waals surface area contributed by atoms with Crippen molar-refractivity contribution in [2.75, 3.05) is 12.4 Å². The first-order valence-corrected chi connectivity index (χ1v) is 9.44. The third-order valence-electron chi connectivity index (χ3n) is 4.86. The van der Waals surface area contributed by atoms with Crippen molar-refractivity contribution in [2.45, 2.75) is 13.8 Å². The first-order chi connectivity index (χ1) is 14.8. The van der Waals surface area contributed by atoms with Crippen LogP contribution in [-0.2, 0) is 4.79 Å². The van der Waals surface area contributed by atoms with Crippen LogP contribution in [0.2, 0.25) is 0 Å². The summed E-state index contributed by atoms with van der Waals surface area (Å²) in [5.74, 6) is -0.914. The first-order valence-electron chi connectivity index (χ1n) is 9.44. The number of aromatic nitrogens is 1. The van der Waals surface area contributed by atoms with Gasteiger partial charge in [0.05, 0.1) is 18.4 Å². The van der Waals surface area contributed by atoms with Gasteiger partial charge in [-0.05, 0) is 68.0 Å². The number of carboxylic acid groups (broad SMARTS) is 1. The number of amides is 1. The van der Waals surface area contributed by atoms with Crippen molar-refractivity contribution < 1.29 is 19.4 Å². The van der Waals surface area contributed by atoms with Crippen molar-refractivity contribution in [3.8, 4) is 17.5 Å². The van der Waals surface area contributed by atoms with E-state index in [-0.39, 0.29) is 11.1 Å². The summed E-state index contributed by atoms with van der Waals surface area (Å²) in [6, 6.07) is 17.2. The molecule has 0 saturated carbocycles. The minimum absolute atomic E-state index is 0.0670. The monoisotopic (exact) mass is 415 g/mol. The minimum atomic E-state index is -1.03. The van der Waals surface area contributed by atoms with Crippen molar-refractivity contribution in [1.29, 1.82) is 5.26 Å². The summed E-state index contributed by atoms with van der Waals surface area (Å²) < 4.78 is 6.89. The molecule has 3 rings (SSSR count). The number of nitriles is 1. The van der Waals surface area contributed by atoms with Crippen LogP contribution in [0.5, 0.6) is 5.75 Å². The molecule has 3 aromatic rings. The van der Waals surface area contributed by atoms with E-state index >= 15 is 0 Å². The van der Waals surface area contributed by atoms with Gasteiger partial charge in [-0.15, -0.1) is 0 Å². The van der Waals surface area contributed by atoms with Gasteiger partial charge in [0.1, 0.15) is 17.4 Å². The number of hydrogen-bond acceptors (Lipinski definition) is 4. The van der Waals surface area contributed by atoms with Crippen LogP contribution >= 0.6 is 0 Å². The minimum Gasteiger partial charge on any atom is -0.497 e. The highest BCUT2D eigenvalue weighted by Crippen LogP contribution is 2.25. The van der Waals surface area contributed by atoms with Gasteiger partial charge in [0.2, 0.25) is 0 Å². The molecule has 156 valence electrons. The number of carbonyl (C=O) groups is 2. The molecule has 0 spiro atoms. The smallest absolute Gasteiger partial charge is 0.337 e. The third kappa shape index (κ3) is 4.49. The van der Waals surface area contributed by atoms with Crippen molar-refractivity contribution >= 4 is 23.6 Å². The molecule has 31 heavy (non-hydrogen) atoms. The Morgan fingerprint density at radius 3 is 2.42 bits per heavy atom. The van der Waals surface area contributed by atoms with E-state index in [1.807, 2.05) is 26.0 Å². The van der Waals surface area contributed by atoms with Gasteiger partial charge in [-0.1, -0.05) is 12.1 Å². The maximum absolute atomic E-state index is 12.6. The van der Waals surface area contributed by atoms with E-state index in [4.69, 9.17) is 4.74 Å². The van der Waals surface area contributed by atoms with Crippen LogP contribution < -0.4 is 10.1 Å². The number of aromatic carboxylic acids is 1. The Balaban J connectivity index is 1.95. The summed E-state index contributed by atoms with van der Waals surface area (Å²) in [6.07, 6.45) is 1.50. The van der Waals surface area contributed by atoms with Crippen LogP contribution in [0.1, 0.15) is 27.3 Å². The van der Waals surface area contributed by atoms with Gasteiger partial charge < -0.3 is 19.7 Å². The summed E-state index contributed by atoms with van der Waals surface area (Å²) in [5, 5.41) is 21.7. The van der Waals surface area contributed by atoms with Gasteiger partial charge >= 0.3 is 5.97 Å². The Kier molecular flexibility index (Phi) is 6.22. The number of methoxy groups -OCH3 is 1. The Bertz CT molecular complexity index is 1210. The Labute approximate surface area is 179 Å². The van der Waals surface area contributed by atoms with E-state index in [1.54, 1.807) is 54.1 Å². The van der Waals surface area contributed by atoms with Crippen molar-refractivity contribution in [3.05, 3.63) is 82.7 Å². The molecule has 7 nitrogen and oxygen atoms in total. The zero-order valence-corrected chi connectivity index (χ0v) is 17.3. The van der Waals surface area contributed by atoms with E-state index in [0.29, 0.717) is 22.7 Å². The summed E-state index contributed by atoms with van der Waals surface area (Å²) in [7, 11) is 1.55. The maximum atomic E-state index is 12.6. The average Bonchev–Trinajstić information content (AvgIpc) is 3.05. The number of benzene rings is 2. The number of carboxylic acids is 1. The first kappa shape index (κ1) is 21.4. The van der Waals surface area contributed by atoms with Gasteiger partial charge in [-0.25, -0.2) is 4.79 Å². The molecule has 0 unspecified atom stereocenters. The van der Waals surface area contributed by atoms with Gasteiger partial charge in [0, 0.05) is 17.1 Å². The predicted molar refractivity (Wildman–Crippen MR) is 117 cm³/mol. The summed E-state index contributed by atoms with van der Waals surface area (Å²) in [5.41, 5.74) is 3.31. The molecule has 0 atom stereocenters. The number of nitrogens with zero attached hydrogens (tertiary/aromatic N) is 2. The van der Waals surface area contributed by atoms with Crippen LogP contribution in [0.15, 0.2) is 60.2 Å². The highest BCUT2D eigenvalue weighted by molar-refractivity contribution is 6.09. The lowest BCUT2D eigenvalue weighted by molar-refractivity contribution is -0.112. The van der Waals surface area contributed by atoms with E-state index in [9.17, 15) is 20.0 Å². The number of ether oxygens (including phenoxy) is 1. The largest absolute Gasteiger partial charge is 0.497 e. The Morgan fingerprint density at radius 2 is 1.81 bits per heavy atom. The third-order valence-corrected chi connectivity index (χ3v) is 4.86. The zero-order chi connectivity index (χ0) is 22.5. The Morgan fingerprint density at radius 1 is 1.13 bits per heavy atom. The Hall–Kier alpha value is -4.31. The van der Waals surface area contributed by atoms with Gasteiger partial charge in [0.15, 0.2) is 0 Å². The van der Waals surface area contributed by atoms with Crippen molar-refractivity contribution in [1.82, 2.24) is 4.57 Å². The summed E-state index contributed by atoms with van der Waals surface area (Å²) >= 11 is 0. The molecule has 0 aliphatic rings. The fourth-order valence-electron chi connectivity index (χ4n) is 3.33. The van der Waals surface area contributed by atoms with Crippen LogP contribution in [0.25, 0.3) is 11.8 Å². The molecular weight excluding hydrogens is 394 g/mol. The van der Waals surface area contributed by atoms with Crippen molar-refractivity contribution in [3.63, 3.8) is 0 Å². The van der Waals surface area contributed by atoms with Gasteiger partial charge in [0.25, 0.3) is 5.91 Å². The topological polar surface area (TPSA) is 104 Å². The standard InChI is InChI=1S/C24H21N3O4/c1-15-12-17(16(2)27(15)22-7-5-4-6-21(22)24(29)30)13-18(14-25)23(28)26-19-8-10-20(31-3)11-9-19/h4-13H,1-3H3,(H,26,28)(H,29,30). The molecule has 0 aliphatic carbocycles. The van der Waals surface area contributed by atoms with E-state index < -0.39 is 11.9 Å². The van der Waals surface area contributed by atoms with E-state index in [0.717, 1.165) is 11.4 Å². The molecule has 0 radical (unpaired) electrons. The number of aryl methyl sites for hydroxylation is 1. The van der Waals surface area contributed by atoms with Crippen LogP contribution in [0, 0.1) is 25.2 Å². The predicted octanol–water partition coefficient (Wildman–Crippen LogP) is 4.35. The molecule has 1 heterocycles. The molecule has 1 amide bonds. The van der Waals surface area contributed by atoms with Crippen LogP contribution in [-0.4, -0.2) is 28.7 Å². The maximum Gasteiger partial charge on any atom is 0.337 e. The molecule has 0 saturated heterocycles. The number of rotatable bonds is 6. The molecule has 0 fully saturated rings. The van der Waals surface area contributed by atoms with Crippen molar-refractivity contribution in [2.24, 2.45) is 0 Å². The lowest BCUT2D eigenvalue weighted by Crippen LogP contribution is -2.13. The second-order valence-electron chi connectivity index (χ2n) is 6.84. The van der Waals surface area contributed by atoms with Gasteiger partial charge in [-0.3, -0.25) is 4.79 Å². The fourth-order valence-corrected chi connectivity index (χ4v) is 3.33. The lowest BCUT2D eigenvalue weighted by atomic mass is 10.1. The summed E-state index contributed by atoms with van der Waals surface area (Å²) in [4.78, 5) is 24.2. The molecule has 2 aromatic carbocycles. The highest BCUT2D eigenvalue weighted by Gasteiger charge is 2.17. The quantitative estimate of drug-likeness (QED) is 0.460. The summed E-state index contributed by atoms with van der Waals surface area (Å²) in [6.45, 7) is 3.65. The number of para-hydroxylation sites is 1. The average molecular weight is 415 g/mol. The van der Waals surface area contributed by atoms with Crippen LogP contribution in [0.3, 0.4) is 0 Å². The second-order valence-corrected chi connectivity index (χ2v) is 6.84. The SMILES string of the molecule is COc1ccc(NC(=O)C(C#N)=Cc2cc(C)n(-c3ccccc3C(=O)O)c2C)cc1. The highest BCUT2D eigenvalue weighted by atomic mass is 16.5. The second kappa shape index (κ2) is 9.01. The van der Waals surface area contributed by atoms with E-state index in [1.165, 1.54) is 12.1 Å². The lowest BCUT2D eigenvalue weighted by Gasteiger charge is -2.12. The molecule has 2 N–H and O–H groups in total. The molecular formula is C24H21N3O4. The number of carbonyl (C=O) groups excluding carboxylic acids is 1. The molecule has 0 aliphatic heterocycles. The fraction of sp³-hybridized carbons (Fsp3) is 0.125.